The van der Waals surface area contributed by atoms with Crippen molar-refractivity contribution in [2.75, 3.05) is 12.0 Å². The molecule has 0 aromatic carbocycles. The Morgan fingerprint density at radius 1 is 1.64 bits per heavy atom. The van der Waals surface area contributed by atoms with Crippen molar-refractivity contribution in [2.24, 2.45) is 0 Å². The van der Waals surface area contributed by atoms with Gasteiger partial charge in [-0.1, -0.05) is 0 Å². The Kier molecular flexibility index (Phi) is 2.76. The summed E-state index contributed by atoms with van der Waals surface area (Å²) in [6, 6.07) is -0.421. The number of hydrogen-bond donors (Lipinski definition) is 1. The van der Waals surface area contributed by atoms with Crippen LogP contribution in [0.5, 0.6) is 0 Å². The highest BCUT2D eigenvalue weighted by Gasteiger charge is 2.31. The van der Waals surface area contributed by atoms with Crippen molar-refractivity contribution in [1.29, 1.82) is 0 Å². The SMILES string of the molecule is CSCC[C@H]1NC(=O)OC1=O. The summed E-state index contributed by atoms with van der Waals surface area (Å²) in [6.45, 7) is 0. The average Bonchev–Trinajstić information content (AvgIpc) is 2.26. The molecule has 0 aliphatic carbocycles. The topological polar surface area (TPSA) is 55.4 Å². The lowest BCUT2D eigenvalue weighted by atomic mass is 10.2. The average molecular weight is 175 g/mol. The summed E-state index contributed by atoms with van der Waals surface area (Å²) in [5.74, 6) is 0.393. The van der Waals surface area contributed by atoms with Gasteiger partial charge < -0.3 is 10.1 Å². The van der Waals surface area contributed by atoms with Crippen molar-refractivity contribution in [3.8, 4) is 0 Å². The molecule has 1 N–H and O–H groups in total. The third-order valence-corrected chi connectivity index (χ3v) is 2.02. The van der Waals surface area contributed by atoms with Gasteiger partial charge in [0.15, 0.2) is 0 Å². The number of thioether (sulfide) groups is 1. The molecule has 1 aliphatic heterocycles. The molecule has 1 fully saturated rings. The predicted octanol–water partition coefficient (Wildman–Crippen LogP) is 0.374. The number of carbonyl (C=O) groups excluding carboxylic acids is 2. The predicted molar refractivity (Wildman–Crippen MR) is 41.4 cm³/mol. The van der Waals surface area contributed by atoms with E-state index >= 15 is 0 Å². The number of nitrogens with one attached hydrogen (secondary N) is 1. The molecule has 0 unspecified atom stereocenters. The number of cyclic esters (lactones) is 2. The molecular weight excluding hydrogens is 166 g/mol. The van der Waals surface area contributed by atoms with E-state index in [2.05, 4.69) is 10.1 Å². The molecule has 62 valence electrons. The van der Waals surface area contributed by atoms with Gasteiger partial charge in [-0.05, 0) is 18.4 Å². The van der Waals surface area contributed by atoms with Crippen molar-refractivity contribution in [2.45, 2.75) is 12.5 Å². The van der Waals surface area contributed by atoms with Crippen molar-refractivity contribution in [3.05, 3.63) is 0 Å². The van der Waals surface area contributed by atoms with E-state index in [0.717, 1.165) is 5.75 Å². The fourth-order valence-corrected chi connectivity index (χ4v) is 1.29. The minimum atomic E-state index is -0.624. The first-order valence-corrected chi connectivity index (χ1v) is 4.64. The Hall–Kier alpha value is -0.710. The molecule has 1 rings (SSSR count). The van der Waals surface area contributed by atoms with Crippen LogP contribution in [0.15, 0.2) is 0 Å². The first kappa shape index (κ1) is 8.39. The largest absolute Gasteiger partial charge is 0.415 e. The summed E-state index contributed by atoms with van der Waals surface area (Å²) in [7, 11) is 0. The Morgan fingerprint density at radius 2 is 2.36 bits per heavy atom. The number of amides is 1. The molecule has 0 bridgehead atoms. The van der Waals surface area contributed by atoms with E-state index in [1.54, 1.807) is 11.8 Å². The highest BCUT2D eigenvalue weighted by atomic mass is 32.2. The zero-order valence-corrected chi connectivity index (χ0v) is 6.94. The summed E-state index contributed by atoms with van der Waals surface area (Å²) in [6.07, 6.45) is 1.97. The van der Waals surface area contributed by atoms with Gasteiger partial charge in [0.1, 0.15) is 6.04 Å². The number of rotatable bonds is 3. The van der Waals surface area contributed by atoms with E-state index in [0.29, 0.717) is 6.42 Å². The van der Waals surface area contributed by atoms with Gasteiger partial charge in [-0.15, -0.1) is 0 Å². The molecule has 0 saturated carbocycles. The van der Waals surface area contributed by atoms with E-state index in [1.165, 1.54) is 0 Å². The van der Waals surface area contributed by atoms with Gasteiger partial charge in [0.2, 0.25) is 0 Å². The maximum atomic E-state index is 10.8. The Labute approximate surface area is 68.7 Å². The van der Waals surface area contributed by atoms with Gasteiger partial charge in [0.25, 0.3) is 0 Å². The summed E-state index contributed by atoms with van der Waals surface area (Å²) in [5.41, 5.74) is 0. The molecule has 1 heterocycles. The van der Waals surface area contributed by atoms with Gasteiger partial charge in [0.05, 0.1) is 0 Å². The molecule has 0 aromatic rings. The van der Waals surface area contributed by atoms with Crippen LogP contribution < -0.4 is 5.32 Å². The van der Waals surface area contributed by atoms with Crippen LogP contribution in [-0.4, -0.2) is 30.1 Å². The van der Waals surface area contributed by atoms with Gasteiger partial charge in [-0.25, -0.2) is 9.59 Å². The minimum absolute atomic E-state index is 0.421. The quantitative estimate of drug-likeness (QED) is 0.497. The van der Waals surface area contributed by atoms with Gasteiger partial charge >= 0.3 is 12.1 Å². The molecule has 11 heavy (non-hydrogen) atoms. The zero-order valence-electron chi connectivity index (χ0n) is 6.12. The highest BCUT2D eigenvalue weighted by molar-refractivity contribution is 7.98. The Morgan fingerprint density at radius 3 is 2.82 bits per heavy atom. The Bertz CT molecular complexity index is 183. The molecule has 0 radical (unpaired) electrons. The zero-order chi connectivity index (χ0) is 8.27. The molecule has 0 spiro atoms. The van der Waals surface area contributed by atoms with Crippen LogP contribution in [0, 0.1) is 0 Å². The van der Waals surface area contributed by atoms with Crippen LogP contribution in [0.2, 0.25) is 0 Å². The number of alkyl carbamates (subject to hydrolysis) is 1. The summed E-state index contributed by atoms with van der Waals surface area (Å²) < 4.78 is 4.27. The molecule has 4 nitrogen and oxygen atoms in total. The van der Waals surface area contributed by atoms with Crippen LogP contribution in [0.25, 0.3) is 0 Å². The summed E-state index contributed by atoms with van der Waals surface area (Å²) in [4.78, 5) is 21.2. The third-order valence-electron chi connectivity index (χ3n) is 1.38. The fourth-order valence-electron chi connectivity index (χ4n) is 0.819. The standard InChI is InChI=1S/C6H9NO3S/c1-11-3-2-4-5(8)10-6(9)7-4/h4H,2-3H2,1H3,(H,7,9)/t4-/m1/s1. The van der Waals surface area contributed by atoms with Gasteiger partial charge in [-0.3, -0.25) is 0 Å². The first-order valence-electron chi connectivity index (χ1n) is 3.25. The van der Waals surface area contributed by atoms with E-state index in [1.807, 2.05) is 6.26 Å². The van der Waals surface area contributed by atoms with E-state index in [9.17, 15) is 9.59 Å². The molecule has 1 atom stereocenters. The summed E-state index contributed by atoms with van der Waals surface area (Å²) in [5, 5.41) is 2.41. The van der Waals surface area contributed by atoms with Crippen LogP contribution in [-0.2, 0) is 9.53 Å². The van der Waals surface area contributed by atoms with E-state index < -0.39 is 18.1 Å². The summed E-state index contributed by atoms with van der Waals surface area (Å²) >= 11 is 1.63. The lowest BCUT2D eigenvalue weighted by molar-refractivity contribution is -0.135. The molecule has 1 saturated heterocycles. The lowest BCUT2D eigenvalue weighted by Crippen LogP contribution is -2.29. The van der Waals surface area contributed by atoms with Crippen molar-refractivity contribution >= 4 is 23.8 Å². The molecule has 5 heteroatoms. The Balaban J connectivity index is 2.34. The molecular formula is C6H9NO3S. The second-order valence-corrected chi connectivity index (χ2v) is 3.17. The van der Waals surface area contributed by atoms with Crippen molar-refractivity contribution < 1.29 is 14.3 Å². The van der Waals surface area contributed by atoms with Crippen LogP contribution in [0.3, 0.4) is 0 Å². The van der Waals surface area contributed by atoms with Crippen LogP contribution in [0.4, 0.5) is 4.79 Å². The maximum absolute atomic E-state index is 10.8. The van der Waals surface area contributed by atoms with E-state index in [4.69, 9.17) is 0 Å². The van der Waals surface area contributed by atoms with Crippen LogP contribution in [0.1, 0.15) is 6.42 Å². The molecule has 0 aromatic heterocycles. The smallest absolute Gasteiger partial charge is 0.375 e. The van der Waals surface area contributed by atoms with Crippen molar-refractivity contribution in [3.63, 3.8) is 0 Å². The fraction of sp³-hybridized carbons (Fsp3) is 0.667. The van der Waals surface area contributed by atoms with Crippen LogP contribution >= 0.6 is 11.8 Å². The van der Waals surface area contributed by atoms with Gasteiger partial charge in [0, 0.05) is 0 Å². The highest BCUT2D eigenvalue weighted by Crippen LogP contribution is 2.07. The van der Waals surface area contributed by atoms with E-state index in [-0.39, 0.29) is 0 Å². The second kappa shape index (κ2) is 3.61. The number of ether oxygens (including phenoxy) is 1. The maximum Gasteiger partial charge on any atom is 0.415 e. The second-order valence-electron chi connectivity index (χ2n) is 2.19. The molecule has 1 amide bonds. The number of hydrogen-bond acceptors (Lipinski definition) is 4. The lowest BCUT2D eigenvalue weighted by Gasteiger charge is -2.01. The molecule has 1 aliphatic rings. The van der Waals surface area contributed by atoms with Gasteiger partial charge in [-0.2, -0.15) is 11.8 Å². The monoisotopic (exact) mass is 175 g/mol. The normalized spacial score (nSPS) is 23.2. The number of carbonyl (C=O) groups is 2. The van der Waals surface area contributed by atoms with Crippen molar-refractivity contribution in [1.82, 2.24) is 5.32 Å². The minimum Gasteiger partial charge on any atom is -0.375 e. The first-order chi connectivity index (χ1) is 5.24. The third kappa shape index (κ3) is 2.11. The number of esters is 1.